The number of ether oxygens (including phenoxy) is 1. The zero-order chi connectivity index (χ0) is 22.3. The molecule has 0 amide bonds. The van der Waals surface area contributed by atoms with E-state index in [4.69, 9.17) is 4.74 Å². The molecule has 0 aliphatic carbocycles. The fraction of sp³-hybridized carbons (Fsp3) is 0.455. The monoisotopic (exact) mass is 445 g/mol. The minimum atomic E-state index is -4.49. The summed E-state index contributed by atoms with van der Waals surface area (Å²) in [6, 6.07) is 7.94. The summed E-state index contributed by atoms with van der Waals surface area (Å²) in [7, 11) is 0. The Kier molecular flexibility index (Phi) is 5.22. The van der Waals surface area contributed by atoms with Gasteiger partial charge < -0.3 is 14.2 Å². The number of anilines is 1. The largest absolute Gasteiger partial charge is 0.462 e. The zero-order valence-corrected chi connectivity index (χ0v) is 17.3. The first-order chi connectivity index (χ1) is 15.4. The van der Waals surface area contributed by atoms with Crippen LogP contribution in [-0.2, 0) is 28.7 Å². The van der Waals surface area contributed by atoms with Crippen LogP contribution >= 0.6 is 0 Å². The summed E-state index contributed by atoms with van der Waals surface area (Å²) in [5, 5.41) is 10.5. The quantitative estimate of drug-likeness (QED) is 0.574. The van der Waals surface area contributed by atoms with Crippen molar-refractivity contribution >= 4 is 22.6 Å². The van der Waals surface area contributed by atoms with Gasteiger partial charge in [0.05, 0.1) is 12.1 Å². The normalized spacial score (nSPS) is 19.7. The lowest BCUT2D eigenvalue weighted by Gasteiger charge is -2.33. The van der Waals surface area contributed by atoms with E-state index < -0.39 is 17.9 Å². The highest BCUT2D eigenvalue weighted by Crippen LogP contribution is 2.33. The molecule has 32 heavy (non-hydrogen) atoms. The molecule has 0 spiro atoms. The van der Waals surface area contributed by atoms with Gasteiger partial charge in [-0.15, -0.1) is 5.10 Å². The molecule has 10 heteroatoms. The standard InChI is InChI=1S/C22H22F3N5O2/c23-22(24,25)21-26-13-16-11-14(5-10-30(16)21)20(31)32-17-6-8-29(9-7-17)19-18-4-2-1-3-15(18)12-27-28-19/h1-4,12-14,17H,5-11H2/t14-/m1/s1. The number of carbonyl (C=O) groups is 1. The first kappa shape index (κ1) is 20.7. The van der Waals surface area contributed by atoms with E-state index in [9.17, 15) is 18.0 Å². The van der Waals surface area contributed by atoms with Gasteiger partial charge in [0.25, 0.3) is 0 Å². The molecule has 2 aliphatic heterocycles. The molecule has 0 saturated carbocycles. The molecule has 4 heterocycles. The minimum absolute atomic E-state index is 0.113. The SMILES string of the molecule is O=C(OC1CCN(c2nncc3ccccc23)CC1)[C@@H]1CCn2c(cnc2C(F)(F)F)C1. The number of esters is 1. The van der Waals surface area contributed by atoms with Gasteiger partial charge in [-0.05, 0) is 6.42 Å². The highest BCUT2D eigenvalue weighted by Gasteiger charge is 2.39. The summed E-state index contributed by atoms with van der Waals surface area (Å²) in [6.07, 6.45) is 0.113. The zero-order valence-electron chi connectivity index (χ0n) is 17.3. The predicted molar refractivity (Wildman–Crippen MR) is 110 cm³/mol. The number of carbonyl (C=O) groups excluding carboxylic acids is 1. The number of hydrogen-bond acceptors (Lipinski definition) is 6. The Balaban J connectivity index is 1.19. The van der Waals surface area contributed by atoms with Crippen molar-refractivity contribution < 1.29 is 22.7 Å². The number of alkyl halides is 3. The molecule has 2 aromatic heterocycles. The lowest BCUT2D eigenvalue weighted by Crippen LogP contribution is -2.40. The second kappa shape index (κ2) is 8.07. The van der Waals surface area contributed by atoms with E-state index in [-0.39, 0.29) is 25.0 Å². The molecule has 3 aromatic rings. The average Bonchev–Trinajstić information content (AvgIpc) is 3.23. The number of fused-ring (bicyclic) bond motifs is 2. The first-order valence-corrected chi connectivity index (χ1v) is 10.7. The Labute approximate surface area is 182 Å². The van der Waals surface area contributed by atoms with Gasteiger partial charge in [0.15, 0.2) is 5.82 Å². The summed E-state index contributed by atoms with van der Waals surface area (Å²) in [6.45, 7) is 1.49. The molecule has 0 bridgehead atoms. The van der Waals surface area contributed by atoms with Crippen LogP contribution < -0.4 is 4.90 Å². The van der Waals surface area contributed by atoms with Crippen LogP contribution in [0.5, 0.6) is 0 Å². The highest BCUT2D eigenvalue weighted by molar-refractivity contribution is 5.91. The highest BCUT2D eigenvalue weighted by atomic mass is 19.4. The number of aromatic nitrogens is 4. The van der Waals surface area contributed by atoms with Gasteiger partial charge in [0.2, 0.25) is 5.82 Å². The summed E-state index contributed by atoms with van der Waals surface area (Å²) < 4.78 is 46.0. The predicted octanol–water partition coefficient (Wildman–Crippen LogP) is 3.62. The van der Waals surface area contributed by atoms with Crippen molar-refractivity contribution in [3.8, 4) is 0 Å². The Morgan fingerprint density at radius 1 is 1.06 bits per heavy atom. The van der Waals surface area contributed by atoms with Crippen LogP contribution in [0.15, 0.2) is 36.7 Å². The lowest BCUT2D eigenvalue weighted by atomic mass is 9.96. The minimum Gasteiger partial charge on any atom is -0.462 e. The molecule has 1 atom stereocenters. The van der Waals surface area contributed by atoms with Crippen molar-refractivity contribution in [2.24, 2.45) is 5.92 Å². The fourth-order valence-electron chi connectivity index (χ4n) is 4.58. The molecule has 0 radical (unpaired) electrons. The number of piperidine rings is 1. The molecule has 168 valence electrons. The van der Waals surface area contributed by atoms with Crippen LogP contribution in [0.1, 0.15) is 30.8 Å². The summed E-state index contributed by atoms with van der Waals surface area (Å²) in [5.74, 6) is -0.853. The maximum Gasteiger partial charge on any atom is 0.449 e. The van der Waals surface area contributed by atoms with Crippen molar-refractivity contribution in [3.63, 3.8) is 0 Å². The van der Waals surface area contributed by atoms with Crippen molar-refractivity contribution in [1.29, 1.82) is 0 Å². The van der Waals surface area contributed by atoms with Gasteiger partial charge in [-0.1, -0.05) is 24.3 Å². The van der Waals surface area contributed by atoms with Crippen LogP contribution in [0.4, 0.5) is 19.0 Å². The van der Waals surface area contributed by atoms with Crippen LogP contribution in [0.25, 0.3) is 10.8 Å². The second-order valence-electron chi connectivity index (χ2n) is 8.29. The van der Waals surface area contributed by atoms with Gasteiger partial charge in [0.1, 0.15) is 6.10 Å². The van der Waals surface area contributed by atoms with E-state index in [0.29, 0.717) is 38.0 Å². The third kappa shape index (κ3) is 3.89. The summed E-state index contributed by atoms with van der Waals surface area (Å²) in [4.78, 5) is 18.4. The molecule has 1 saturated heterocycles. The topological polar surface area (TPSA) is 73.1 Å². The maximum atomic E-state index is 13.0. The first-order valence-electron chi connectivity index (χ1n) is 10.7. The average molecular weight is 445 g/mol. The van der Waals surface area contributed by atoms with Gasteiger partial charge >= 0.3 is 12.1 Å². The number of halogens is 3. The van der Waals surface area contributed by atoms with E-state index >= 15 is 0 Å². The van der Waals surface area contributed by atoms with Gasteiger partial charge in [0, 0.05) is 61.6 Å². The smallest absolute Gasteiger partial charge is 0.449 e. The number of hydrogen-bond donors (Lipinski definition) is 0. The van der Waals surface area contributed by atoms with E-state index in [1.807, 2.05) is 24.3 Å². The maximum absolute atomic E-state index is 13.0. The molecular weight excluding hydrogens is 423 g/mol. The Morgan fingerprint density at radius 2 is 1.84 bits per heavy atom. The number of nitrogens with zero attached hydrogens (tertiary/aromatic N) is 5. The molecule has 1 aromatic carbocycles. The molecule has 1 fully saturated rings. The van der Waals surface area contributed by atoms with Crippen LogP contribution in [0, 0.1) is 5.92 Å². The van der Waals surface area contributed by atoms with Gasteiger partial charge in [-0.25, -0.2) is 4.98 Å². The van der Waals surface area contributed by atoms with Crippen molar-refractivity contribution in [2.45, 2.75) is 44.5 Å². The number of imidazole rings is 1. The summed E-state index contributed by atoms with van der Waals surface area (Å²) >= 11 is 0. The molecule has 2 aliphatic rings. The number of rotatable bonds is 3. The van der Waals surface area contributed by atoms with E-state index in [1.165, 1.54) is 6.20 Å². The Hall–Kier alpha value is -3.17. The lowest BCUT2D eigenvalue weighted by molar-refractivity contribution is -0.156. The number of benzene rings is 1. The molecule has 0 N–H and O–H groups in total. The van der Waals surface area contributed by atoms with E-state index in [2.05, 4.69) is 20.1 Å². The van der Waals surface area contributed by atoms with Crippen LogP contribution in [0.3, 0.4) is 0 Å². The van der Waals surface area contributed by atoms with E-state index in [1.54, 1.807) is 6.20 Å². The van der Waals surface area contributed by atoms with Gasteiger partial charge in [-0.2, -0.15) is 18.3 Å². The van der Waals surface area contributed by atoms with Crippen molar-refractivity contribution in [3.05, 3.63) is 48.2 Å². The molecule has 0 unspecified atom stereocenters. The van der Waals surface area contributed by atoms with Crippen LogP contribution in [0.2, 0.25) is 0 Å². The van der Waals surface area contributed by atoms with E-state index in [0.717, 1.165) is 21.2 Å². The molecule has 7 nitrogen and oxygen atoms in total. The molecule has 5 rings (SSSR count). The van der Waals surface area contributed by atoms with Crippen molar-refractivity contribution in [1.82, 2.24) is 19.7 Å². The third-order valence-electron chi connectivity index (χ3n) is 6.26. The molecular formula is C22H22F3N5O2. The summed E-state index contributed by atoms with van der Waals surface area (Å²) in [5.41, 5.74) is 0.426. The van der Waals surface area contributed by atoms with Gasteiger partial charge in [-0.3, -0.25) is 4.79 Å². The van der Waals surface area contributed by atoms with Crippen molar-refractivity contribution in [2.75, 3.05) is 18.0 Å². The third-order valence-corrected chi connectivity index (χ3v) is 6.26. The Morgan fingerprint density at radius 3 is 2.62 bits per heavy atom. The second-order valence-corrected chi connectivity index (χ2v) is 8.29. The Bertz CT molecular complexity index is 1130. The van der Waals surface area contributed by atoms with Crippen LogP contribution in [-0.4, -0.2) is 44.9 Å². The fourth-order valence-corrected chi connectivity index (χ4v) is 4.58.